The topological polar surface area (TPSA) is 49.4 Å². The summed E-state index contributed by atoms with van der Waals surface area (Å²) in [4.78, 5) is 0. The van der Waals surface area contributed by atoms with E-state index in [1.165, 1.54) is 14.1 Å². The zero-order valence-electron chi connectivity index (χ0n) is 8.41. The van der Waals surface area contributed by atoms with Crippen LogP contribution in [0.4, 0.5) is 0 Å². The van der Waals surface area contributed by atoms with Crippen LogP contribution < -0.4 is 4.72 Å². The van der Waals surface area contributed by atoms with Gasteiger partial charge in [-0.1, -0.05) is 6.92 Å². The molecule has 0 spiro atoms. The normalized spacial score (nSPS) is 17.4. The van der Waals surface area contributed by atoms with E-state index in [1.54, 1.807) is 6.92 Å². The van der Waals surface area contributed by atoms with Crippen molar-refractivity contribution in [2.24, 2.45) is 5.92 Å². The Labute approximate surface area is 85.4 Å². The summed E-state index contributed by atoms with van der Waals surface area (Å²) in [5, 5.41) is 0. The molecule has 6 heteroatoms. The van der Waals surface area contributed by atoms with Crippen molar-refractivity contribution >= 4 is 21.8 Å². The van der Waals surface area contributed by atoms with Crippen molar-refractivity contribution in [1.29, 1.82) is 0 Å². The van der Waals surface area contributed by atoms with Gasteiger partial charge in [0.1, 0.15) is 0 Å². The van der Waals surface area contributed by atoms with Gasteiger partial charge >= 0.3 is 0 Å². The highest BCUT2D eigenvalue weighted by Crippen LogP contribution is 2.06. The van der Waals surface area contributed by atoms with E-state index in [2.05, 4.69) is 4.72 Å². The van der Waals surface area contributed by atoms with Gasteiger partial charge in [-0.15, -0.1) is 11.6 Å². The molecule has 0 fully saturated rings. The Bertz CT molecular complexity index is 241. The van der Waals surface area contributed by atoms with Crippen molar-refractivity contribution in [3.63, 3.8) is 0 Å². The van der Waals surface area contributed by atoms with Crippen LogP contribution in [0.1, 0.15) is 13.8 Å². The highest BCUT2D eigenvalue weighted by molar-refractivity contribution is 7.87. The number of rotatable bonds is 5. The van der Waals surface area contributed by atoms with E-state index in [9.17, 15) is 8.42 Å². The second-order valence-corrected chi connectivity index (χ2v) is 5.55. The smallest absolute Gasteiger partial charge is 0.199 e. The van der Waals surface area contributed by atoms with Gasteiger partial charge in [-0.2, -0.15) is 17.4 Å². The fourth-order valence-electron chi connectivity index (χ4n) is 0.590. The van der Waals surface area contributed by atoms with Gasteiger partial charge in [0.15, 0.2) is 0 Å². The molecule has 0 aliphatic heterocycles. The van der Waals surface area contributed by atoms with E-state index >= 15 is 0 Å². The molecule has 0 radical (unpaired) electrons. The lowest BCUT2D eigenvalue weighted by Gasteiger charge is -2.21. The monoisotopic (exact) mass is 228 g/mol. The Morgan fingerprint density at radius 3 is 2.15 bits per heavy atom. The van der Waals surface area contributed by atoms with E-state index in [0.29, 0.717) is 5.88 Å². The van der Waals surface area contributed by atoms with Crippen molar-refractivity contribution in [2.45, 2.75) is 19.9 Å². The first-order valence-electron chi connectivity index (χ1n) is 4.07. The molecule has 2 unspecified atom stereocenters. The fourth-order valence-corrected chi connectivity index (χ4v) is 1.77. The highest BCUT2D eigenvalue weighted by Gasteiger charge is 2.20. The summed E-state index contributed by atoms with van der Waals surface area (Å²) in [6, 6.07) is -0.148. The Hall–Kier alpha value is 0.160. The summed E-state index contributed by atoms with van der Waals surface area (Å²) < 4.78 is 26.3. The first-order valence-corrected chi connectivity index (χ1v) is 6.04. The van der Waals surface area contributed by atoms with Crippen LogP contribution in [0.2, 0.25) is 0 Å². The average Bonchev–Trinajstić information content (AvgIpc) is 2.01. The van der Waals surface area contributed by atoms with E-state index in [0.717, 1.165) is 4.31 Å². The van der Waals surface area contributed by atoms with Crippen LogP contribution in [0.15, 0.2) is 0 Å². The lowest BCUT2D eigenvalue weighted by molar-refractivity contribution is 0.450. The molecule has 0 aromatic carbocycles. The summed E-state index contributed by atoms with van der Waals surface area (Å²) in [7, 11) is -0.355. The van der Waals surface area contributed by atoms with E-state index in [4.69, 9.17) is 11.6 Å². The molecule has 2 atom stereocenters. The molecule has 13 heavy (non-hydrogen) atoms. The number of alkyl halides is 1. The molecule has 0 aliphatic carbocycles. The van der Waals surface area contributed by atoms with Gasteiger partial charge in [-0.05, 0) is 12.8 Å². The lowest BCUT2D eigenvalue weighted by atomic mass is 10.1. The summed E-state index contributed by atoms with van der Waals surface area (Å²) in [5.74, 6) is 0.563. The van der Waals surface area contributed by atoms with Crippen LogP contribution in [0.3, 0.4) is 0 Å². The van der Waals surface area contributed by atoms with Crippen molar-refractivity contribution in [2.75, 3.05) is 20.0 Å². The van der Waals surface area contributed by atoms with Crippen LogP contribution in [0, 0.1) is 5.92 Å². The number of hydrogen-bond donors (Lipinski definition) is 1. The third-order valence-corrected chi connectivity index (χ3v) is 4.03. The lowest BCUT2D eigenvalue weighted by Crippen LogP contribution is -2.43. The van der Waals surface area contributed by atoms with E-state index in [-0.39, 0.29) is 12.0 Å². The molecular formula is C7H17ClN2O2S. The Kier molecular flexibility index (Phi) is 5.21. The van der Waals surface area contributed by atoms with Crippen LogP contribution >= 0.6 is 11.6 Å². The molecule has 0 rings (SSSR count). The van der Waals surface area contributed by atoms with Gasteiger partial charge in [-0.3, -0.25) is 0 Å². The van der Waals surface area contributed by atoms with Gasteiger partial charge in [0.05, 0.1) is 0 Å². The largest absolute Gasteiger partial charge is 0.279 e. The maximum atomic E-state index is 11.3. The summed E-state index contributed by atoms with van der Waals surface area (Å²) >= 11 is 5.61. The maximum absolute atomic E-state index is 11.3. The molecule has 0 saturated carbocycles. The zero-order valence-corrected chi connectivity index (χ0v) is 9.98. The molecule has 0 aliphatic rings. The van der Waals surface area contributed by atoms with Gasteiger partial charge in [0.2, 0.25) is 0 Å². The Morgan fingerprint density at radius 1 is 1.38 bits per heavy atom. The molecule has 0 bridgehead atoms. The minimum Gasteiger partial charge on any atom is -0.199 e. The Morgan fingerprint density at radius 2 is 1.85 bits per heavy atom. The quantitative estimate of drug-likeness (QED) is 0.703. The minimum absolute atomic E-state index is 0.122. The molecule has 0 aromatic heterocycles. The molecule has 4 nitrogen and oxygen atoms in total. The standard InChI is InChI=1S/C7H17ClN2O2S/c1-6(5-8)7(2)9-13(11,12)10(3)4/h6-7,9H,5H2,1-4H3. The predicted molar refractivity (Wildman–Crippen MR) is 55.1 cm³/mol. The summed E-state index contributed by atoms with van der Waals surface area (Å²) in [6.07, 6.45) is 0. The fraction of sp³-hybridized carbons (Fsp3) is 1.00. The molecule has 0 amide bonds. The molecular weight excluding hydrogens is 212 g/mol. The van der Waals surface area contributed by atoms with E-state index in [1.807, 2.05) is 6.92 Å². The number of hydrogen-bond acceptors (Lipinski definition) is 2. The van der Waals surface area contributed by atoms with E-state index < -0.39 is 10.2 Å². The van der Waals surface area contributed by atoms with Crippen LogP contribution in [-0.2, 0) is 10.2 Å². The average molecular weight is 229 g/mol. The Balaban J connectivity index is 4.29. The molecule has 0 heterocycles. The molecule has 0 aromatic rings. The number of nitrogens with zero attached hydrogens (tertiary/aromatic N) is 1. The number of nitrogens with one attached hydrogen (secondary N) is 1. The van der Waals surface area contributed by atoms with Crippen molar-refractivity contribution in [3.8, 4) is 0 Å². The minimum atomic E-state index is -3.33. The molecule has 1 N–H and O–H groups in total. The van der Waals surface area contributed by atoms with Crippen LogP contribution in [0.25, 0.3) is 0 Å². The second-order valence-electron chi connectivity index (χ2n) is 3.33. The third-order valence-electron chi connectivity index (χ3n) is 1.91. The highest BCUT2D eigenvalue weighted by atomic mass is 35.5. The van der Waals surface area contributed by atoms with Crippen LogP contribution in [-0.4, -0.2) is 38.7 Å². The predicted octanol–water partition coefficient (Wildman–Crippen LogP) is 0.646. The number of halogens is 1. The zero-order chi connectivity index (χ0) is 10.6. The van der Waals surface area contributed by atoms with Crippen molar-refractivity contribution in [3.05, 3.63) is 0 Å². The van der Waals surface area contributed by atoms with Gasteiger partial charge in [0, 0.05) is 26.0 Å². The maximum Gasteiger partial charge on any atom is 0.279 e. The first-order chi connectivity index (χ1) is 5.81. The van der Waals surface area contributed by atoms with Gasteiger partial charge < -0.3 is 0 Å². The van der Waals surface area contributed by atoms with Gasteiger partial charge in [0.25, 0.3) is 10.2 Å². The SMILES string of the molecule is CC(CCl)C(C)NS(=O)(=O)N(C)C. The van der Waals surface area contributed by atoms with Crippen LogP contribution in [0.5, 0.6) is 0 Å². The second kappa shape index (κ2) is 5.14. The summed E-state index contributed by atoms with van der Waals surface area (Å²) in [5.41, 5.74) is 0. The molecule has 0 saturated heterocycles. The van der Waals surface area contributed by atoms with Crippen molar-refractivity contribution < 1.29 is 8.42 Å². The molecule has 80 valence electrons. The van der Waals surface area contributed by atoms with Crippen molar-refractivity contribution in [1.82, 2.24) is 9.03 Å². The summed E-state index contributed by atoms with van der Waals surface area (Å²) in [6.45, 7) is 3.70. The van der Waals surface area contributed by atoms with Gasteiger partial charge in [-0.25, -0.2) is 0 Å². The first kappa shape index (κ1) is 13.2. The third kappa shape index (κ3) is 4.26.